The summed E-state index contributed by atoms with van der Waals surface area (Å²) in [6.45, 7) is 0. The quantitative estimate of drug-likeness (QED) is 0.471. The number of benzene rings is 3. The number of rotatable bonds is 3. The summed E-state index contributed by atoms with van der Waals surface area (Å²) in [6.07, 6.45) is 0. The molecule has 0 spiro atoms. The molecule has 0 amide bonds. The number of hydrogen-bond acceptors (Lipinski definition) is 1. The van der Waals surface area contributed by atoms with Gasteiger partial charge < -0.3 is 0 Å². The summed E-state index contributed by atoms with van der Waals surface area (Å²) in [6, 6.07) is 23.1. The SMILES string of the molecule is O=C(c1ccc(Br)cc1)c1ccccc1-c1ccc(Br)cc1. The van der Waals surface area contributed by atoms with Gasteiger partial charge in [-0.2, -0.15) is 0 Å². The van der Waals surface area contributed by atoms with Gasteiger partial charge in [-0.15, -0.1) is 0 Å². The average molecular weight is 416 g/mol. The Labute approximate surface area is 146 Å². The summed E-state index contributed by atoms with van der Waals surface area (Å²) in [5.41, 5.74) is 3.38. The van der Waals surface area contributed by atoms with E-state index < -0.39 is 0 Å². The first kappa shape index (κ1) is 15.2. The van der Waals surface area contributed by atoms with Crippen molar-refractivity contribution < 1.29 is 4.79 Å². The van der Waals surface area contributed by atoms with Gasteiger partial charge in [0.1, 0.15) is 0 Å². The summed E-state index contributed by atoms with van der Waals surface area (Å²) >= 11 is 6.83. The van der Waals surface area contributed by atoms with Crippen LogP contribution in [-0.2, 0) is 0 Å². The molecule has 0 unspecified atom stereocenters. The fourth-order valence-electron chi connectivity index (χ4n) is 2.32. The minimum atomic E-state index is 0.0334. The Bertz CT molecular complexity index is 806. The van der Waals surface area contributed by atoms with Crippen molar-refractivity contribution in [1.82, 2.24) is 0 Å². The zero-order valence-corrected chi connectivity index (χ0v) is 14.8. The highest BCUT2D eigenvalue weighted by molar-refractivity contribution is 9.10. The molecule has 0 aliphatic carbocycles. The van der Waals surface area contributed by atoms with Gasteiger partial charge in [0.05, 0.1) is 0 Å². The molecular formula is C19H12Br2O. The second-order valence-corrected chi connectivity index (χ2v) is 6.72. The van der Waals surface area contributed by atoms with Crippen LogP contribution in [0.4, 0.5) is 0 Å². The Morgan fingerprint density at radius 2 is 1.23 bits per heavy atom. The zero-order valence-electron chi connectivity index (χ0n) is 11.6. The van der Waals surface area contributed by atoms with Crippen molar-refractivity contribution in [3.8, 4) is 11.1 Å². The van der Waals surface area contributed by atoms with Gasteiger partial charge in [0.2, 0.25) is 0 Å². The molecule has 0 saturated carbocycles. The number of ketones is 1. The molecule has 3 heteroatoms. The van der Waals surface area contributed by atoms with E-state index in [9.17, 15) is 4.79 Å². The molecular weight excluding hydrogens is 404 g/mol. The lowest BCUT2D eigenvalue weighted by atomic mass is 9.94. The average Bonchev–Trinajstić information content (AvgIpc) is 2.56. The molecule has 1 nitrogen and oxygen atoms in total. The van der Waals surface area contributed by atoms with Crippen LogP contribution in [0.25, 0.3) is 11.1 Å². The fraction of sp³-hybridized carbons (Fsp3) is 0. The normalized spacial score (nSPS) is 10.5. The van der Waals surface area contributed by atoms with Crippen molar-refractivity contribution in [3.05, 3.63) is 92.9 Å². The van der Waals surface area contributed by atoms with Crippen LogP contribution in [0, 0.1) is 0 Å². The first-order valence-electron chi connectivity index (χ1n) is 6.80. The van der Waals surface area contributed by atoms with Gasteiger partial charge in [0.25, 0.3) is 0 Å². The van der Waals surface area contributed by atoms with Gasteiger partial charge in [-0.05, 0) is 47.5 Å². The highest BCUT2D eigenvalue weighted by Gasteiger charge is 2.14. The van der Waals surface area contributed by atoms with Crippen LogP contribution in [0.3, 0.4) is 0 Å². The van der Waals surface area contributed by atoms with E-state index in [1.54, 1.807) is 0 Å². The van der Waals surface area contributed by atoms with E-state index in [-0.39, 0.29) is 5.78 Å². The predicted octanol–water partition coefficient (Wildman–Crippen LogP) is 6.11. The smallest absolute Gasteiger partial charge is 0.193 e. The maximum Gasteiger partial charge on any atom is 0.193 e. The van der Waals surface area contributed by atoms with Crippen molar-refractivity contribution >= 4 is 37.6 Å². The van der Waals surface area contributed by atoms with Crippen molar-refractivity contribution in [2.75, 3.05) is 0 Å². The molecule has 0 aliphatic heterocycles. The molecule has 3 aromatic rings. The van der Waals surface area contributed by atoms with Gasteiger partial charge >= 0.3 is 0 Å². The van der Waals surface area contributed by atoms with Crippen LogP contribution < -0.4 is 0 Å². The number of hydrogen-bond donors (Lipinski definition) is 0. The Morgan fingerprint density at radius 3 is 1.86 bits per heavy atom. The molecule has 0 radical (unpaired) electrons. The van der Waals surface area contributed by atoms with Crippen molar-refractivity contribution in [2.24, 2.45) is 0 Å². The van der Waals surface area contributed by atoms with E-state index >= 15 is 0 Å². The highest BCUT2D eigenvalue weighted by atomic mass is 79.9. The van der Waals surface area contributed by atoms with Crippen LogP contribution in [0.2, 0.25) is 0 Å². The monoisotopic (exact) mass is 414 g/mol. The molecule has 0 N–H and O–H groups in total. The van der Waals surface area contributed by atoms with Crippen LogP contribution >= 0.6 is 31.9 Å². The third-order valence-corrected chi connectivity index (χ3v) is 4.49. The lowest BCUT2D eigenvalue weighted by Crippen LogP contribution is -2.03. The van der Waals surface area contributed by atoms with Crippen LogP contribution in [0.15, 0.2) is 81.7 Å². The molecule has 0 saturated heterocycles. The zero-order chi connectivity index (χ0) is 15.5. The lowest BCUT2D eigenvalue weighted by Gasteiger charge is -2.09. The van der Waals surface area contributed by atoms with Crippen LogP contribution in [0.5, 0.6) is 0 Å². The number of carbonyl (C=O) groups is 1. The van der Waals surface area contributed by atoms with E-state index in [1.165, 1.54) is 0 Å². The maximum atomic E-state index is 12.8. The van der Waals surface area contributed by atoms with Gasteiger partial charge in [0.15, 0.2) is 5.78 Å². The lowest BCUT2D eigenvalue weighted by molar-refractivity contribution is 0.103. The van der Waals surface area contributed by atoms with Gasteiger partial charge in [0, 0.05) is 20.1 Å². The van der Waals surface area contributed by atoms with E-state index in [1.807, 2.05) is 72.8 Å². The van der Waals surface area contributed by atoms with E-state index in [2.05, 4.69) is 31.9 Å². The summed E-state index contributed by atoms with van der Waals surface area (Å²) in [5.74, 6) is 0.0334. The van der Waals surface area contributed by atoms with E-state index in [4.69, 9.17) is 0 Å². The number of halogens is 2. The maximum absolute atomic E-state index is 12.8. The second kappa shape index (κ2) is 6.59. The number of carbonyl (C=O) groups excluding carboxylic acids is 1. The summed E-state index contributed by atoms with van der Waals surface area (Å²) < 4.78 is 1.98. The van der Waals surface area contributed by atoms with Crippen molar-refractivity contribution in [2.45, 2.75) is 0 Å². The van der Waals surface area contributed by atoms with Gasteiger partial charge in [-0.3, -0.25) is 4.79 Å². The Kier molecular flexibility index (Phi) is 4.55. The van der Waals surface area contributed by atoms with E-state index in [0.29, 0.717) is 11.1 Å². The predicted molar refractivity (Wildman–Crippen MR) is 97.2 cm³/mol. The Balaban J connectivity index is 2.06. The van der Waals surface area contributed by atoms with Crippen LogP contribution in [0.1, 0.15) is 15.9 Å². The topological polar surface area (TPSA) is 17.1 Å². The minimum absolute atomic E-state index is 0.0334. The summed E-state index contributed by atoms with van der Waals surface area (Å²) in [5, 5.41) is 0. The Morgan fingerprint density at radius 1 is 0.682 bits per heavy atom. The Hall–Kier alpha value is -1.71. The molecule has 0 aromatic heterocycles. The van der Waals surface area contributed by atoms with Gasteiger partial charge in [-0.1, -0.05) is 68.3 Å². The standard InChI is InChI=1S/C19H12Br2O/c20-15-9-5-13(6-10-15)17-3-1-2-4-18(17)19(22)14-7-11-16(21)12-8-14/h1-12H. The molecule has 0 bridgehead atoms. The molecule has 3 aromatic carbocycles. The van der Waals surface area contributed by atoms with E-state index in [0.717, 1.165) is 20.1 Å². The first-order chi connectivity index (χ1) is 10.6. The summed E-state index contributed by atoms with van der Waals surface area (Å²) in [4.78, 5) is 12.8. The largest absolute Gasteiger partial charge is 0.289 e. The highest BCUT2D eigenvalue weighted by Crippen LogP contribution is 2.27. The molecule has 3 rings (SSSR count). The molecule has 22 heavy (non-hydrogen) atoms. The third kappa shape index (κ3) is 3.21. The molecule has 0 fully saturated rings. The third-order valence-electron chi connectivity index (χ3n) is 3.43. The van der Waals surface area contributed by atoms with Gasteiger partial charge in [-0.25, -0.2) is 0 Å². The van der Waals surface area contributed by atoms with Crippen molar-refractivity contribution in [1.29, 1.82) is 0 Å². The second-order valence-electron chi connectivity index (χ2n) is 4.89. The molecule has 108 valence electrons. The molecule has 0 atom stereocenters. The van der Waals surface area contributed by atoms with Crippen LogP contribution in [-0.4, -0.2) is 5.78 Å². The van der Waals surface area contributed by atoms with Crippen molar-refractivity contribution in [3.63, 3.8) is 0 Å². The minimum Gasteiger partial charge on any atom is -0.289 e. The fourth-order valence-corrected chi connectivity index (χ4v) is 2.85. The summed E-state index contributed by atoms with van der Waals surface area (Å²) in [7, 11) is 0. The first-order valence-corrected chi connectivity index (χ1v) is 8.39. The molecule has 0 heterocycles. The molecule has 0 aliphatic rings.